The molecule has 1 heterocycles. The lowest BCUT2D eigenvalue weighted by Crippen LogP contribution is -2.25. The number of pyridine rings is 1. The fourth-order valence-electron chi connectivity index (χ4n) is 1.54. The third-order valence-corrected chi connectivity index (χ3v) is 2.80. The summed E-state index contributed by atoms with van der Waals surface area (Å²) in [5, 5.41) is 3.21. The number of hydrogen-bond acceptors (Lipinski definition) is 3. The maximum absolute atomic E-state index is 12.7. The highest BCUT2D eigenvalue weighted by atomic mass is 19.1. The lowest BCUT2D eigenvalue weighted by atomic mass is 10.1. The van der Waals surface area contributed by atoms with Crippen LogP contribution < -0.4 is 5.32 Å². The SMILES string of the molecule is CCN(C)CCC(NC)c1ccc(F)cn1. The van der Waals surface area contributed by atoms with Gasteiger partial charge in [-0.3, -0.25) is 4.98 Å². The Morgan fingerprint density at radius 3 is 2.75 bits per heavy atom. The molecular weight excluding hydrogens is 205 g/mol. The molecule has 0 aliphatic heterocycles. The van der Waals surface area contributed by atoms with Crippen molar-refractivity contribution >= 4 is 0 Å². The van der Waals surface area contributed by atoms with E-state index >= 15 is 0 Å². The van der Waals surface area contributed by atoms with Gasteiger partial charge in [-0.1, -0.05) is 6.92 Å². The molecule has 4 heteroatoms. The lowest BCUT2D eigenvalue weighted by molar-refractivity contribution is 0.324. The second kappa shape index (κ2) is 6.55. The molecule has 16 heavy (non-hydrogen) atoms. The molecule has 1 N–H and O–H groups in total. The summed E-state index contributed by atoms with van der Waals surface area (Å²) in [4.78, 5) is 6.34. The number of halogens is 1. The number of hydrogen-bond donors (Lipinski definition) is 1. The summed E-state index contributed by atoms with van der Waals surface area (Å²) in [5.74, 6) is -0.288. The smallest absolute Gasteiger partial charge is 0.141 e. The van der Waals surface area contributed by atoms with Gasteiger partial charge in [0.25, 0.3) is 0 Å². The number of rotatable bonds is 6. The highest BCUT2D eigenvalue weighted by molar-refractivity contribution is 5.09. The van der Waals surface area contributed by atoms with Gasteiger partial charge >= 0.3 is 0 Å². The molecule has 0 aromatic carbocycles. The highest BCUT2D eigenvalue weighted by Gasteiger charge is 2.11. The molecule has 1 aromatic rings. The summed E-state index contributed by atoms with van der Waals surface area (Å²) >= 11 is 0. The van der Waals surface area contributed by atoms with Crippen LogP contribution in [0.3, 0.4) is 0 Å². The minimum Gasteiger partial charge on any atom is -0.312 e. The first kappa shape index (κ1) is 13.1. The van der Waals surface area contributed by atoms with E-state index in [9.17, 15) is 4.39 Å². The third-order valence-electron chi connectivity index (χ3n) is 2.80. The van der Waals surface area contributed by atoms with Gasteiger partial charge in [0.2, 0.25) is 0 Å². The summed E-state index contributed by atoms with van der Waals surface area (Å²) < 4.78 is 12.7. The average molecular weight is 225 g/mol. The van der Waals surface area contributed by atoms with Crippen molar-refractivity contribution in [3.63, 3.8) is 0 Å². The van der Waals surface area contributed by atoms with Crippen LogP contribution in [0.25, 0.3) is 0 Å². The zero-order chi connectivity index (χ0) is 12.0. The van der Waals surface area contributed by atoms with Crippen LogP contribution in [-0.2, 0) is 0 Å². The van der Waals surface area contributed by atoms with E-state index in [2.05, 4.69) is 29.2 Å². The van der Waals surface area contributed by atoms with Gasteiger partial charge in [-0.25, -0.2) is 4.39 Å². The van der Waals surface area contributed by atoms with Crippen molar-refractivity contribution in [1.29, 1.82) is 0 Å². The molecule has 0 radical (unpaired) electrons. The quantitative estimate of drug-likeness (QED) is 0.800. The molecule has 1 atom stereocenters. The van der Waals surface area contributed by atoms with E-state index in [4.69, 9.17) is 0 Å². The van der Waals surface area contributed by atoms with Gasteiger partial charge in [-0.15, -0.1) is 0 Å². The Kier molecular flexibility index (Phi) is 5.35. The molecule has 1 unspecified atom stereocenters. The summed E-state index contributed by atoms with van der Waals surface area (Å²) in [6.07, 6.45) is 2.24. The molecule has 0 aliphatic carbocycles. The van der Waals surface area contributed by atoms with Gasteiger partial charge < -0.3 is 10.2 Å². The number of nitrogens with zero attached hydrogens (tertiary/aromatic N) is 2. The second-order valence-corrected chi connectivity index (χ2v) is 3.93. The molecule has 0 saturated heterocycles. The summed E-state index contributed by atoms with van der Waals surface area (Å²) in [6, 6.07) is 3.38. The first-order chi connectivity index (χ1) is 7.67. The van der Waals surface area contributed by atoms with E-state index in [0.717, 1.165) is 25.2 Å². The molecular formula is C12H20FN3. The molecule has 0 amide bonds. The Bertz CT molecular complexity index is 300. The predicted octanol–water partition coefficient (Wildman–Crippen LogP) is 1.82. The Labute approximate surface area is 96.7 Å². The molecule has 0 fully saturated rings. The summed E-state index contributed by atoms with van der Waals surface area (Å²) in [7, 11) is 3.99. The summed E-state index contributed by atoms with van der Waals surface area (Å²) in [5.41, 5.74) is 0.897. The first-order valence-electron chi connectivity index (χ1n) is 5.64. The highest BCUT2D eigenvalue weighted by Crippen LogP contribution is 2.14. The standard InChI is InChI=1S/C12H20FN3/c1-4-16(3)8-7-11(14-2)12-6-5-10(13)9-15-12/h5-6,9,11,14H,4,7-8H2,1-3H3. The minimum atomic E-state index is -0.288. The second-order valence-electron chi connectivity index (χ2n) is 3.93. The van der Waals surface area contributed by atoms with E-state index in [-0.39, 0.29) is 11.9 Å². The largest absolute Gasteiger partial charge is 0.312 e. The number of nitrogens with one attached hydrogen (secondary N) is 1. The maximum atomic E-state index is 12.7. The van der Waals surface area contributed by atoms with Crippen LogP contribution in [0.2, 0.25) is 0 Å². The predicted molar refractivity (Wildman–Crippen MR) is 63.8 cm³/mol. The monoisotopic (exact) mass is 225 g/mol. The van der Waals surface area contributed by atoms with Crippen LogP contribution in [0, 0.1) is 5.82 Å². The van der Waals surface area contributed by atoms with E-state index in [0.29, 0.717) is 0 Å². The van der Waals surface area contributed by atoms with Crippen molar-refractivity contribution in [2.24, 2.45) is 0 Å². The van der Waals surface area contributed by atoms with Crippen molar-refractivity contribution in [3.05, 3.63) is 29.8 Å². The third kappa shape index (κ3) is 3.87. The van der Waals surface area contributed by atoms with Gasteiger partial charge in [0, 0.05) is 0 Å². The molecule has 0 bridgehead atoms. The van der Waals surface area contributed by atoms with Gasteiger partial charge in [0.1, 0.15) is 5.82 Å². The Balaban J connectivity index is 2.57. The van der Waals surface area contributed by atoms with Gasteiger partial charge in [0.05, 0.1) is 17.9 Å². The molecule has 90 valence electrons. The molecule has 1 rings (SSSR count). The number of aromatic nitrogens is 1. The van der Waals surface area contributed by atoms with E-state index in [1.165, 1.54) is 12.3 Å². The molecule has 1 aromatic heterocycles. The van der Waals surface area contributed by atoms with Crippen molar-refractivity contribution in [1.82, 2.24) is 15.2 Å². The van der Waals surface area contributed by atoms with Crippen LogP contribution in [0.5, 0.6) is 0 Å². The average Bonchev–Trinajstić information content (AvgIpc) is 2.31. The van der Waals surface area contributed by atoms with Crippen LogP contribution in [-0.4, -0.2) is 37.1 Å². The van der Waals surface area contributed by atoms with Crippen molar-refractivity contribution in [2.45, 2.75) is 19.4 Å². The van der Waals surface area contributed by atoms with Crippen molar-refractivity contribution in [2.75, 3.05) is 27.2 Å². The zero-order valence-electron chi connectivity index (χ0n) is 10.2. The van der Waals surface area contributed by atoms with Gasteiger partial charge in [-0.05, 0) is 45.7 Å². The molecule has 0 saturated carbocycles. The normalized spacial score (nSPS) is 13.1. The molecule has 0 aliphatic rings. The first-order valence-corrected chi connectivity index (χ1v) is 5.64. The van der Waals surface area contributed by atoms with Crippen molar-refractivity contribution in [3.8, 4) is 0 Å². The van der Waals surface area contributed by atoms with E-state index in [1.807, 2.05) is 7.05 Å². The molecule has 0 spiro atoms. The maximum Gasteiger partial charge on any atom is 0.141 e. The van der Waals surface area contributed by atoms with Crippen LogP contribution in [0.15, 0.2) is 18.3 Å². The fourth-order valence-corrected chi connectivity index (χ4v) is 1.54. The van der Waals surface area contributed by atoms with Gasteiger partial charge in [-0.2, -0.15) is 0 Å². The van der Waals surface area contributed by atoms with Crippen LogP contribution >= 0.6 is 0 Å². The topological polar surface area (TPSA) is 28.2 Å². The summed E-state index contributed by atoms with van der Waals surface area (Å²) in [6.45, 7) is 4.17. The van der Waals surface area contributed by atoms with Gasteiger partial charge in [0.15, 0.2) is 0 Å². The van der Waals surface area contributed by atoms with Crippen molar-refractivity contribution < 1.29 is 4.39 Å². The van der Waals surface area contributed by atoms with E-state index < -0.39 is 0 Å². The Morgan fingerprint density at radius 1 is 1.50 bits per heavy atom. The van der Waals surface area contributed by atoms with E-state index in [1.54, 1.807) is 6.07 Å². The Morgan fingerprint density at radius 2 is 2.25 bits per heavy atom. The zero-order valence-corrected chi connectivity index (χ0v) is 10.2. The fraction of sp³-hybridized carbons (Fsp3) is 0.583. The lowest BCUT2D eigenvalue weighted by Gasteiger charge is -2.19. The molecule has 3 nitrogen and oxygen atoms in total. The Hall–Kier alpha value is -1.00. The van der Waals surface area contributed by atoms with Crippen LogP contribution in [0.4, 0.5) is 4.39 Å². The van der Waals surface area contributed by atoms with Crippen LogP contribution in [0.1, 0.15) is 25.1 Å². The minimum absolute atomic E-state index is 0.189.